The van der Waals surface area contributed by atoms with Crippen LogP contribution in [0.4, 0.5) is 0 Å². The monoisotopic (exact) mass is 296 g/mol. The molecule has 0 aromatic carbocycles. The SMILES string of the molecule is COCCn1c(=O)n(C2CCCC2)c2nc(Cl)ncc21. The normalized spacial score (nSPS) is 16.3. The molecule has 7 heteroatoms. The van der Waals surface area contributed by atoms with Gasteiger partial charge in [-0.05, 0) is 24.4 Å². The number of halogens is 1. The van der Waals surface area contributed by atoms with E-state index in [-0.39, 0.29) is 17.0 Å². The fourth-order valence-electron chi connectivity index (χ4n) is 2.93. The van der Waals surface area contributed by atoms with Crippen molar-refractivity contribution in [3.8, 4) is 0 Å². The van der Waals surface area contributed by atoms with Crippen LogP contribution >= 0.6 is 11.6 Å². The van der Waals surface area contributed by atoms with Gasteiger partial charge in [-0.3, -0.25) is 9.13 Å². The number of nitrogens with zero attached hydrogens (tertiary/aromatic N) is 4. The molecule has 1 aliphatic carbocycles. The molecule has 0 saturated heterocycles. The van der Waals surface area contributed by atoms with E-state index >= 15 is 0 Å². The summed E-state index contributed by atoms with van der Waals surface area (Å²) >= 11 is 5.89. The fraction of sp³-hybridized carbons (Fsp3) is 0.615. The molecule has 1 saturated carbocycles. The van der Waals surface area contributed by atoms with Crippen LogP contribution in [0.5, 0.6) is 0 Å². The van der Waals surface area contributed by atoms with Crippen LogP contribution in [0.3, 0.4) is 0 Å². The number of imidazole rings is 1. The van der Waals surface area contributed by atoms with Crippen LogP contribution in [0, 0.1) is 0 Å². The van der Waals surface area contributed by atoms with Crippen LogP contribution in [0.1, 0.15) is 31.7 Å². The van der Waals surface area contributed by atoms with E-state index in [1.54, 1.807) is 22.4 Å². The van der Waals surface area contributed by atoms with Crippen LogP contribution in [-0.2, 0) is 11.3 Å². The zero-order valence-corrected chi connectivity index (χ0v) is 12.1. The molecule has 20 heavy (non-hydrogen) atoms. The van der Waals surface area contributed by atoms with E-state index < -0.39 is 0 Å². The molecule has 0 bridgehead atoms. The van der Waals surface area contributed by atoms with Gasteiger partial charge in [0.2, 0.25) is 5.28 Å². The number of rotatable bonds is 4. The van der Waals surface area contributed by atoms with Crippen molar-refractivity contribution < 1.29 is 4.74 Å². The van der Waals surface area contributed by atoms with Gasteiger partial charge in [-0.1, -0.05) is 12.8 Å². The van der Waals surface area contributed by atoms with Gasteiger partial charge in [0.15, 0.2) is 5.65 Å². The van der Waals surface area contributed by atoms with Gasteiger partial charge in [0.25, 0.3) is 0 Å². The Balaban J connectivity index is 2.18. The predicted molar refractivity (Wildman–Crippen MR) is 76.2 cm³/mol. The van der Waals surface area contributed by atoms with E-state index in [2.05, 4.69) is 9.97 Å². The van der Waals surface area contributed by atoms with Crippen molar-refractivity contribution in [1.82, 2.24) is 19.1 Å². The molecule has 0 unspecified atom stereocenters. The average molecular weight is 297 g/mol. The van der Waals surface area contributed by atoms with Crippen LogP contribution in [0.2, 0.25) is 5.28 Å². The highest BCUT2D eigenvalue weighted by Gasteiger charge is 2.24. The third-order valence-corrected chi connectivity index (χ3v) is 4.07. The van der Waals surface area contributed by atoms with Gasteiger partial charge in [0.05, 0.1) is 19.3 Å². The minimum atomic E-state index is -0.0412. The Hall–Kier alpha value is -1.40. The zero-order valence-electron chi connectivity index (χ0n) is 11.4. The predicted octanol–water partition coefficient (Wildman–Crippen LogP) is 2.01. The Kier molecular flexibility index (Phi) is 3.76. The summed E-state index contributed by atoms with van der Waals surface area (Å²) in [5.41, 5.74) is 1.32. The van der Waals surface area contributed by atoms with E-state index in [1.165, 1.54) is 0 Å². The van der Waals surface area contributed by atoms with Gasteiger partial charge in [0.1, 0.15) is 5.52 Å². The summed E-state index contributed by atoms with van der Waals surface area (Å²) in [6.07, 6.45) is 5.96. The maximum Gasteiger partial charge on any atom is 0.330 e. The summed E-state index contributed by atoms with van der Waals surface area (Å²) < 4.78 is 8.53. The summed E-state index contributed by atoms with van der Waals surface area (Å²) in [6.45, 7) is 0.975. The first kappa shape index (κ1) is 13.6. The van der Waals surface area contributed by atoms with Crippen molar-refractivity contribution >= 4 is 22.8 Å². The molecule has 1 fully saturated rings. The summed E-state index contributed by atoms with van der Waals surface area (Å²) in [6, 6.07) is 0.222. The van der Waals surface area contributed by atoms with E-state index in [1.807, 2.05) is 0 Å². The minimum Gasteiger partial charge on any atom is -0.383 e. The summed E-state index contributed by atoms with van der Waals surface area (Å²) in [4.78, 5) is 20.9. The Bertz CT molecular complexity index is 673. The molecule has 2 heterocycles. The molecule has 1 aliphatic rings. The highest BCUT2D eigenvalue weighted by molar-refractivity contribution is 6.28. The number of methoxy groups -OCH3 is 1. The third-order valence-electron chi connectivity index (χ3n) is 3.89. The maximum absolute atomic E-state index is 12.7. The standard InChI is InChI=1S/C13H17ClN4O2/c1-20-7-6-17-10-8-15-12(14)16-11(10)18(13(17)19)9-4-2-3-5-9/h8-9H,2-7H2,1H3. The maximum atomic E-state index is 12.7. The molecular formula is C13H17ClN4O2. The van der Waals surface area contributed by atoms with E-state index in [9.17, 15) is 4.79 Å². The molecule has 6 nitrogen and oxygen atoms in total. The van der Waals surface area contributed by atoms with Crippen LogP contribution < -0.4 is 5.69 Å². The van der Waals surface area contributed by atoms with E-state index in [4.69, 9.17) is 16.3 Å². The molecule has 2 aromatic rings. The third kappa shape index (κ3) is 2.23. The first-order chi connectivity index (χ1) is 9.72. The molecule has 0 spiro atoms. The molecule has 0 radical (unpaired) electrons. The highest BCUT2D eigenvalue weighted by atomic mass is 35.5. The Morgan fingerprint density at radius 1 is 1.45 bits per heavy atom. The molecule has 2 aromatic heterocycles. The van der Waals surface area contributed by atoms with Crippen molar-refractivity contribution in [3.63, 3.8) is 0 Å². The second-order valence-corrected chi connectivity index (χ2v) is 5.42. The van der Waals surface area contributed by atoms with E-state index in [0.29, 0.717) is 18.8 Å². The largest absolute Gasteiger partial charge is 0.383 e. The summed E-state index contributed by atoms with van der Waals surface area (Å²) in [5.74, 6) is 0. The van der Waals surface area contributed by atoms with Gasteiger partial charge in [-0.15, -0.1) is 0 Å². The van der Waals surface area contributed by atoms with Crippen LogP contribution in [0.15, 0.2) is 11.0 Å². The lowest BCUT2D eigenvalue weighted by atomic mass is 10.2. The smallest absolute Gasteiger partial charge is 0.330 e. The molecule has 0 aliphatic heterocycles. The number of aromatic nitrogens is 4. The van der Waals surface area contributed by atoms with Gasteiger partial charge >= 0.3 is 5.69 Å². The lowest BCUT2D eigenvalue weighted by molar-refractivity contribution is 0.187. The number of hydrogen-bond acceptors (Lipinski definition) is 4. The molecule has 0 amide bonds. The fourth-order valence-corrected chi connectivity index (χ4v) is 3.06. The summed E-state index contributed by atoms with van der Waals surface area (Å²) in [7, 11) is 1.62. The first-order valence-electron chi connectivity index (χ1n) is 6.84. The van der Waals surface area contributed by atoms with Crippen molar-refractivity contribution in [3.05, 3.63) is 22.0 Å². The van der Waals surface area contributed by atoms with Crippen molar-refractivity contribution in [1.29, 1.82) is 0 Å². The Labute approximate surface area is 121 Å². The van der Waals surface area contributed by atoms with E-state index in [0.717, 1.165) is 31.2 Å². The van der Waals surface area contributed by atoms with Crippen LogP contribution in [0.25, 0.3) is 11.2 Å². The van der Waals surface area contributed by atoms with Gasteiger partial charge in [0, 0.05) is 13.2 Å². The van der Waals surface area contributed by atoms with Crippen molar-refractivity contribution in [2.45, 2.75) is 38.3 Å². The van der Waals surface area contributed by atoms with Crippen LogP contribution in [-0.4, -0.2) is 32.8 Å². The Morgan fingerprint density at radius 3 is 2.90 bits per heavy atom. The van der Waals surface area contributed by atoms with Crippen molar-refractivity contribution in [2.24, 2.45) is 0 Å². The number of fused-ring (bicyclic) bond motifs is 1. The minimum absolute atomic E-state index is 0.0412. The van der Waals surface area contributed by atoms with Gasteiger partial charge < -0.3 is 4.74 Å². The molecule has 0 N–H and O–H groups in total. The first-order valence-corrected chi connectivity index (χ1v) is 7.22. The molecular weight excluding hydrogens is 280 g/mol. The van der Waals surface area contributed by atoms with Crippen molar-refractivity contribution in [2.75, 3.05) is 13.7 Å². The lowest BCUT2D eigenvalue weighted by Gasteiger charge is -2.10. The number of hydrogen-bond donors (Lipinski definition) is 0. The molecule has 0 atom stereocenters. The lowest BCUT2D eigenvalue weighted by Crippen LogP contribution is -2.27. The Morgan fingerprint density at radius 2 is 2.20 bits per heavy atom. The molecule has 108 valence electrons. The average Bonchev–Trinajstić information content (AvgIpc) is 3.02. The van der Waals surface area contributed by atoms with Gasteiger partial charge in [-0.2, -0.15) is 4.98 Å². The second kappa shape index (κ2) is 5.54. The molecule has 3 rings (SSSR count). The zero-order chi connectivity index (χ0) is 14.1. The summed E-state index contributed by atoms with van der Waals surface area (Å²) in [5, 5.41) is 0.174. The highest BCUT2D eigenvalue weighted by Crippen LogP contribution is 2.30. The quantitative estimate of drug-likeness (QED) is 0.810. The van der Waals surface area contributed by atoms with Gasteiger partial charge in [-0.25, -0.2) is 9.78 Å². The topological polar surface area (TPSA) is 61.9 Å². The number of ether oxygens (including phenoxy) is 1. The second-order valence-electron chi connectivity index (χ2n) is 5.08.